The number of rotatable bonds is 3. The largest absolute Gasteiger partial charge is 0.478 e. The van der Waals surface area contributed by atoms with Gasteiger partial charge in [0, 0.05) is 14.1 Å². The summed E-state index contributed by atoms with van der Waals surface area (Å²) in [5.74, 6) is -1.23. The van der Waals surface area contributed by atoms with Gasteiger partial charge in [0.15, 0.2) is 0 Å². The highest BCUT2D eigenvalue weighted by atomic mass is 32.2. The van der Waals surface area contributed by atoms with Gasteiger partial charge in [-0.1, -0.05) is 0 Å². The van der Waals surface area contributed by atoms with E-state index in [0.29, 0.717) is 0 Å². The molecule has 1 aromatic rings. The molecule has 14 heavy (non-hydrogen) atoms. The maximum Gasteiger partial charge on any atom is 0.337 e. The standard InChI is InChI=1S/C7H9NO4S2/c1-8(2)14(11,12)7-5(6(9)10)3-4-13-7/h3-4H,1-2H3,(H,9,10). The molecule has 5 nitrogen and oxygen atoms in total. The van der Waals surface area contributed by atoms with E-state index < -0.39 is 16.0 Å². The minimum atomic E-state index is -3.64. The van der Waals surface area contributed by atoms with Crippen molar-refractivity contribution in [2.75, 3.05) is 14.1 Å². The van der Waals surface area contributed by atoms with Crippen LogP contribution in [0.15, 0.2) is 15.7 Å². The van der Waals surface area contributed by atoms with Crippen molar-refractivity contribution in [1.29, 1.82) is 0 Å². The van der Waals surface area contributed by atoms with E-state index in [1.165, 1.54) is 25.5 Å². The van der Waals surface area contributed by atoms with Gasteiger partial charge >= 0.3 is 5.97 Å². The van der Waals surface area contributed by atoms with E-state index in [9.17, 15) is 13.2 Å². The van der Waals surface area contributed by atoms with E-state index in [2.05, 4.69) is 0 Å². The van der Waals surface area contributed by atoms with Crippen LogP contribution in [0.5, 0.6) is 0 Å². The molecule has 1 N–H and O–H groups in total. The molecule has 1 aromatic heterocycles. The Bertz CT molecular complexity index is 446. The summed E-state index contributed by atoms with van der Waals surface area (Å²) in [4.78, 5) is 10.7. The number of carboxylic acids is 1. The Morgan fingerprint density at radius 2 is 2.07 bits per heavy atom. The second-order valence-corrected chi connectivity index (χ2v) is 5.98. The SMILES string of the molecule is CN(C)S(=O)(=O)c1sccc1C(=O)O. The average molecular weight is 235 g/mol. The lowest BCUT2D eigenvalue weighted by Crippen LogP contribution is -2.22. The zero-order chi connectivity index (χ0) is 10.9. The molecule has 0 unspecified atom stereocenters. The van der Waals surface area contributed by atoms with Crippen molar-refractivity contribution < 1.29 is 18.3 Å². The van der Waals surface area contributed by atoms with Crippen molar-refractivity contribution in [3.05, 3.63) is 17.0 Å². The number of carbonyl (C=O) groups is 1. The van der Waals surface area contributed by atoms with Crippen molar-refractivity contribution in [2.45, 2.75) is 4.21 Å². The number of thiophene rings is 1. The predicted octanol–water partition coefficient (Wildman–Crippen LogP) is 0.697. The third-order valence-electron chi connectivity index (χ3n) is 1.58. The second kappa shape index (κ2) is 3.68. The summed E-state index contributed by atoms with van der Waals surface area (Å²) < 4.78 is 24.0. The molecule has 7 heteroatoms. The molecular formula is C7H9NO4S2. The van der Waals surface area contributed by atoms with Gasteiger partial charge in [0.25, 0.3) is 10.0 Å². The van der Waals surface area contributed by atoms with E-state index in [0.717, 1.165) is 15.6 Å². The van der Waals surface area contributed by atoms with Crippen LogP contribution in [0.4, 0.5) is 0 Å². The fourth-order valence-electron chi connectivity index (χ4n) is 0.820. The van der Waals surface area contributed by atoms with Gasteiger partial charge in [0.1, 0.15) is 4.21 Å². The van der Waals surface area contributed by atoms with Crippen LogP contribution in [0.25, 0.3) is 0 Å². The second-order valence-electron chi connectivity index (χ2n) is 2.71. The first-order valence-electron chi connectivity index (χ1n) is 3.60. The lowest BCUT2D eigenvalue weighted by Gasteiger charge is -2.09. The van der Waals surface area contributed by atoms with Gasteiger partial charge in [0.2, 0.25) is 0 Å². The topological polar surface area (TPSA) is 74.7 Å². The fourth-order valence-corrected chi connectivity index (χ4v) is 3.29. The molecule has 0 saturated carbocycles. The number of sulfonamides is 1. The summed E-state index contributed by atoms with van der Waals surface area (Å²) in [5.41, 5.74) is -0.177. The molecule has 0 amide bonds. The molecule has 0 aliphatic carbocycles. The van der Waals surface area contributed by atoms with E-state index >= 15 is 0 Å². The molecule has 78 valence electrons. The van der Waals surface area contributed by atoms with Gasteiger partial charge in [-0.2, -0.15) is 0 Å². The van der Waals surface area contributed by atoms with Crippen LogP contribution in [0.2, 0.25) is 0 Å². The maximum atomic E-state index is 11.6. The Kier molecular flexibility index (Phi) is 2.93. The number of hydrogen-bond acceptors (Lipinski definition) is 4. The minimum Gasteiger partial charge on any atom is -0.478 e. The molecule has 1 heterocycles. The highest BCUT2D eigenvalue weighted by molar-refractivity contribution is 7.91. The molecule has 0 fully saturated rings. The van der Waals surface area contributed by atoms with E-state index in [1.807, 2.05) is 0 Å². The fraction of sp³-hybridized carbons (Fsp3) is 0.286. The molecule has 0 aromatic carbocycles. The third-order valence-corrected chi connectivity index (χ3v) is 4.85. The lowest BCUT2D eigenvalue weighted by atomic mass is 10.4. The molecule has 0 atom stereocenters. The van der Waals surface area contributed by atoms with Crippen LogP contribution in [-0.2, 0) is 10.0 Å². The first-order chi connectivity index (χ1) is 6.37. The molecule has 1 rings (SSSR count). The van der Waals surface area contributed by atoms with Crippen molar-refractivity contribution in [3.8, 4) is 0 Å². The van der Waals surface area contributed by atoms with Gasteiger partial charge < -0.3 is 5.11 Å². The van der Waals surface area contributed by atoms with E-state index in [-0.39, 0.29) is 9.77 Å². The molecule has 0 aliphatic heterocycles. The van der Waals surface area contributed by atoms with Crippen LogP contribution in [-0.4, -0.2) is 37.9 Å². The predicted molar refractivity (Wildman–Crippen MR) is 52.2 cm³/mol. The van der Waals surface area contributed by atoms with Crippen molar-refractivity contribution in [3.63, 3.8) is 0 Å². The van der Waals surface area contributed by atoms with Gasteiger partial charge in [-0.25, -0.2) is 17.5 Å². The summed E-state index contributed by atoms with van der Waals surface area (Å²) in [7, 11) is -0.915. The average Bonchev–Trinajstić information content (AvgIpc) is 2.51. The van der Waals surface area contributed by atoms with E-state index in [4.69, 9.17) is 5.11 Å². The van der Waals surface area contributed by atoms with Gasteiger partial charge in [-0.15, -0.1) is 11.3 Å². The van der Waals surface area contributed by atoms with E-state index in [1.54, 1.807) is 0 Å². The maximum absolute atomic E-state index is 11.6. The normalized spacial score (nSPS) is 11.9. The zero-order valence-corrected chi connectivity index (χ0v) is 9.22. The first-order valence-corrected chi connectivity index (χ1v) is 5.92. The molecule has 0 aliphatic rings. The number of carboxylic acid groups (broad SMARTS) is 1. The Morgan fingerprint density at radius 1 is 1.50 bits per heavy atom. The minimum absolute atomic E-state index is 0.130. The van der Waals surface area contributed by atoms with Crippen molar-refractivity contribution in [1.82, 2.24) is 4.31 Å². The zero-order valence-electron chi connectivity index (χ0n) is 7.59. The van der Waals surface area contributed by atoms with Crippen LogP contribution in [0.3, 0.4) is 0 Å². The summed E-state index contributed by atoms with van der Waals surface area (Å²) in [6, 6.07) is 1.28. The molecular weight excluding hydrogens is 226 g/mol. The summed E-state index contributed by atoms with van der Waals surface area (Å²) in [6.45, 7) is 0. The summed E-state index contributed by atoms with van der Waals surface area (Å²) >= 11 is 0.903. The van der Waals surface area contributed by atoms with Crippen LogP contribution in [0.1, 0.15) is 10.4 Å². The van der Waals surface area contributed by atoms with Crippen LogP contribution in [0, 0.1) is 0 Å². The van der Waals surface area contributed by atoms with Crippen LogP contribution >= 0.6 is 11.3 Å². The van der Waals surface area contributed by atoms with Crippen molar-refractivity contribution in [2.24, 2.45) is 0 Å². The lowest BCUT2D eigenvalue weighted by molar-refractivity contribution is 0.0693. The monoisotopic (exact) mass is 235 g/mol. The smallest absolute Gasteiger partial charge is 0.337 e. The molecule has 0 radical (unpaired) electrons. The van der Waals surface area contributed by atoms with Gasteiger partial charge in [-0.05, 0) is 11.4 Å². The third kappa shape index (κ3) is 1.79. The summed E-state index contributed by atoms with van der Waals surface area (Å²) in [6.07, 6.45) is 0. The van der Waals surface area contributed by atoms with Gasteiger partial charge in [0.05, 0.1) is 5.56 Å². The summed E-state index contributed by atoms with van der Waals surface area (Å²) in [5, 5.41) is 10.2. The number of aromatic carboxylic acids is 1. The molecule has 0 bridgehead atoms. The Morgan fingerprint density at radius 3 is 2.50 bits per heavy atom. The number of hydrogen-bond donors (Lipinski definition) is 1. The van der Waals surface area contributed by atoms with Crippen LogP contribution < -0.4 is 0 Å². The highest BCUT2D eigenvalue weighted by Crippen LogP contribution is 2.24. The first kappa shape index (κ1) is 11.2. The molecule has 0 saturated heterocycles. The number of nitrogens with zero attached hydrogens (tertiary/aromatic N) is 1. The van der Waals surface area contributed by atoms with Gasteiger partial charge in [-0.3, -0.25) is 0 Å². The Labute approximate surface area is 85.6 Å². The Balaban J connectivity index is 3.34. The Hall–Kier alpha value is -0.920. The quantitative estimate of drug-likeness (QED) is 0.836. The van der Waals surface area contributed by atoms with Crippen molar-refractivity contribution >= 4 is 27.3 Å². The molecule has 0 spiro atoms. The highest BCUT2D eigenvalue weighted by Gasteiger charge is 2.25.